The lowest BCUT2D eigenvalue weighted by Crippen LogP contribution is -2.45. The van der Waals surface area contributed by atoms with Gasteiger partial charge in [-0.3, -0.25) is 14.5 Å². The summed E-state index contributed by atoms with van der Waals surface area (Å²) in [7, 11) is 0. The second-order valence-electron chi connectivity index (χ2n) is 5.91. The molecule has 0 aliphatic carbocycles. The van der Waals surface area contributed by atoms with Crippen LogP contribution < -0.4 is 10.7 Å². The van der Waals surface area contributed by atoms with Crippen LogP contribution in [0.5, 0.6) is 0 Å². The number of rotatable bonds is 3. The summed E-state index contributed by atoms with van der Waals surface area (Å²) in [5.41, 5.74) is 0.866. The summed E-state index contributed by atoms with van der Waals surface area (Å²) in [6.07, 6.45) is 3.60. The molecule has 0 radical (unpaired) electrons. The molecule has 0 spiro atoms. The average molecular weight is 336 g/mol. The van der Waals surface area contributed by atoms with Crippen molar-refractivity contribution in [3.8, 4) is 0 Å². The number of carbonyl (C=O) groups excluding carboxylic acids is 1. The standard InChI is InChI=1S/C17H21N3O2.ClH/c1-12-6-4-5-9-20(12)11-18-17(22)15-10-16(21)13-7-2-3-8-14(13)19-15;/h2-3,7-8,10,12H,4-6,9,11H2,1H3,(H,18,22)(H,19,21);1H. The Morgan fingerprint density at radius 3 is 2.91 bits per heavy atom. The van der Waals surface area contributed by atoms with Gasteiger partial charge in [0.25, 0.3) is 5.91 Å². The summed E-state index contributed by atoms with van der Waals surface area (Å²) in [4.78, 5) is 29.6. The molecule has 2 aromatic rings. The summed E-state index contributed by atoms with van der Waals surface area (Å²) >= 11 is 0. The molecule has 1 aliphatic rings. The lowest BCUT2D eigenvalue weighted by molar-refractivity contribution is 0.0875. The Bertz CT molecular complexity index is 744. The third-order valence-electron chi connectivity index (χ3n) is 4.37. The molecule has 23 heavy (non-hydrogen) atoms. The number of para-hydroxylation sites is 1. The summed E-state index contributed by atoms with van der Waals surface area (Å²) in [5.74, 6) is -0.236. The first-order chi connectivity index (χ1) is 10.6. The number of benzene rings is 1. The number of H-pyrrole nitrogens is 1. The number of nitrogens with zero attached hydrogens (tertiary/aromatic N) is 1. The van der Waals surface area contributed by atoms with Gasteiger partial charge in [0.1, 0.15) is 5.69 Å². The molecule has 1 aromatic carbocycles. The summed E-state index contributed by atoms with van der Waals surface area (Å²) in [6.45, 7) is 3.72. The molecule has 124 valence electrons. The molecule has 1 saturated heterocycles. The molecule has 1 aromatic heterocycles. The van der Waals surface area contributed by atoms with Crippen LogP contribution in [-0.4, -0.2) is 35.0 Å². The molecule has 6 heteroatoms. The van der Waals surface area contributed by atoms with Crippen LogP contribution in [0.3, 0.4) is 0 Å². The molecular formula is C17H22ClN3O2. The molecular weight excluding hydrogens is 314 g/mol. The van der Waals surface area contributed by atoms with Gasteiger partial charge < -0.3 is 10.3 Å². The maximum atomic E-state index is 12.3. The zero-order chi connectivity index (χ0) is 15.5. The van der Waals surface area contributed by atoms with Gasteiger partial charge in [-0.05, 0) is 31.9 Å². The fourth-order valence-corrected chi connectivity index (χ4v) is 2.98. The van der Waals surface area contributed by atoms with Gasteiger partial charge in [0.2, 0.25) is 0 Å². The fourth-order valence-electron chi connectivity index (χ4n) is 2.98. The van der Waals surface area contributed by atoms with Gasteiger partial charge in [-0.25, -0.2) is 0 Å². The minimum atomic E-state index is -0.236. The normalized spacial score (nSPS) is 18.4. The van der Waals surface area contributed by atoms with Crippen molar-refractivity contribution in [2.75, 3.05) is 13.2 Å². The molecule has 5 nitrogen and oxygen atoms in total. The maximum Gasteiger partial charge on any atom is 0.268 e. The van der Waals surface area contributed by atoms with E-state index < -0.39 is 0 Å². The van der Waals surface area contributed by atoms with Crippen LogP contribution >= 0.6 is 12.4 Å². The summed E-state index contributed by atoms with van der Waals surface area (Å²) < 4.78 is 0. The number of piperidine rings is 1. The number of aromatic nitrogens is 1. The van der Waals surface area contributed by atoms with Gasteiger partial charge in [-0.2, -0.15) is 0 Å². The molecule has 3 rings (SSSR count). The van der Waals surface area contributed by atoms with E-state index in [-0.39, 0.29) is 23.7 Å². The average Bonchev–Trinajstić information content (AvgIpc) is 2.54. The van der Waals surface area contributed by atoms with E-state index >= 15 is 0 Å². The van der Waals surface area contributed by atoms with Gasteiger partial charge in [0.15, 0.2) is 5.43 Å². The van der Waals surface area contributed by atoms with E-state index in [1.54, 1.807) is 12.1 Å². The van der Waals surface area contributed by atoms with Crippen LogP contribution in [0.25, 0.3) is 10.9 Å². The van der Waals surface area contributed by atoms with Crippen molar-refractivity contribution >= 4 is 29.2 Å². The third-order valence-corrected chi connectivity index (χ3v) is 4.37. The quantitative estimate of drug-likeness (QED) is 0.905. The van der Waals surface area contributed by atoms with E-state index in [1.165, 1.54) is 25.3 Å². The SMILES string of the molecule is CC1CCCCN1CNC(=O)c1cc(=O)c2ccccc2[nH]1.Cl. The summed E-state index contributed by atoms with van der Waals surface area (Å²) in [6, 6.07) is 9.08. The fraction of sp³-hybridized carbons (Fsp3) is 0.412. The van der Waals surface area contributed by atoms with E-state index in [0.29, 0.717) is 29.3 Å². The second-order valence-corrected chi connectivity index (χ2v) is 5.91. The Balaban J connectivity index is 0.00000192. The third kappa shape index (κ3) is 3.92. The number of likely N-dealkylation sites (tertiary alicyclic amines) is 1. The number of hydrogen-bond acceptors (Lipinski definition) is 3. The highest BCUT2D eigenvalue weighted by molar-refractivity contribution is 5.94. The lowest BCUT2D eigenvalue weighted by atomic mass is 10.0. The highest BCUT2D eigenvalue weighted by Gasteiger charge is 2.19. The van der Waals surface area contributed by atoms with E-state index in [1.807, 2.05) is 12.1 Å². The van der Waals surface area contributed by atoms with Crippen LogP contribution in [-0.2, 0) is 0 Å². The van der Waals surface area contributed by atoms with Crippen molar-refractivity contribution in [3.05, 3.63) is 46.2 Å². The monoisotopic (exact) mass is 335 g/mol. The van der Waals surface area contributed by atoms with Gasteiger partial charge in [0.05, 0.1) is 6.67 Å². The number of aromatic amines is 1. The molecule has 0 bridgehead atoms. The molecule has 1 unspecified atom stereocenters. The molecule has 1 aliphatic heterocycles. The molecule has 1 fully saturated rings. The van der Waals surface area contributed by atoms with Crippen molar-refractivity contribution in [1.82, 2.24) is 15.2 Å². The molecule has 1 amide bonds. The molecule has 2 heterocycles. The Hall–Kier alpha value is -1.85. The van der Waals surface area contributed by atoms with E-state index in [0.717, 1.165) is 6.54 Å². The largest absolute Gasteiger partial charge is 0.350 e. The number of halogens is 1. The Labute approximate surface area is 141 Å². The van der Waals surface area contributed by atoms with E-state index in [2.05, 4.69) is 22.1 Å². The van der Waals surface area contributed by atoms with Crippen LogP contribution in [0.15, 0.2) is 35.1 Å². The van der Waals surface area contributed by atoms with Gasteiger partial charge >= 0.3 is 0 Å². The summed E-state index contributed by atoms with van der Waals surface area (Å²) in [5, 5.41) is 3.51. The van der Waals surface area contributed by atoms with Crippen LogP contribution in [0.1, 0.15) is 36.7 Å². The van der Waals surface area contributed by atoms with Crippen molar-refractivity contribution in [1.29, 1.82) is 0 Å². The smallest absolute Gasteiger partial charge is 0.268 e. The van der Waals surface area contributed by atoms with E-state index in [4.69, 9.17) is 0 Å². The van der Waals surface area contributed by atoms with Gasteiger partial charge in [-0.15, -0.1) is 12.4 Å². The number of nitrogens with one attached hydrogen (secondary N) is 2. The van der Waals surface area contributed by atoms with E-state index in [9.17, 15) is 9.59 Å². The molecule has 1 atom stereocenters. The van der Waals surface area contributed by atoms with Crippen LogP contribution in [0, 0.1) is 0 Å². The highest BCUT2D eigenvalue weighted by atomic mass is 35.5. The number of amides is 1. The topological polar surface area (TPSA) is 65.2 Å². The predicted molar refractivity (Wildman–Crippen MR) is 94.2 cm³/mol. The predicted octanol–water partition coefficient (Wildman–Crippen LogP) is 2.51. The number of carbonyl (C=O) groups is 1. The number of hydrogen-bond donors (Lipinski definition) is 2. The van der Waals surface area contributed by atoms with Crippen molar-refractivity contribution in [2.45, 2.75) is 32.2 Å². The number of fused-ring (bicyclic) bond motifs is 1. The van der Waals surface area contributed by atoms with Gasteiger partial charge in [0, 0.05) is 29.6 Å². The van der Waals surface area contributed by atoms with Crippen molar-refractivity contribution < 1.29 is 4.79 Å². The molecule has 0 saturated carbocycles. The van der Waals surface area contributed by atoms with Gasteiger partial charge in [-0.1, -0.05) is 18.6 Å². The number of pyridine rings is 1. The first kappa shape index (κ1) is 17.5. The Morgan fingerprint density at radius 1 is 1.35 bits per heavy atom. The Morgan fingerprint density at radius 2 is 2.13 bits per heavy atom. The van der Waals surface area contributed by atoms with Crippen molar-refractivity contribution in [2.24, 2.45) is 0 Å². The van der Waals surface area contributed by atoms with Crippen LogP contribution in [0.2, 0.25) is 0 Å². The minimum Gasteiger partial charge on any atom is -0.350 e. The lowest BCUT2D eigenvalue weighted by Gasteiger charge is -2.33. The maximum absolute atomic E-state index is 12.3. The first-order valence-corrected chi connectivity index (χ1v) is 7.79. The second kappa shape index (κ2) is 7.62. The minimum absolute atomic E-state index is 0. The highest BCUT2D eigenvalue weighted by Crippen LogP contribution is 2.15. The molecule has 2 N–H and O–H groups in total. The van der Waals surface area contributed by atoms with Crippen LogP contribution in [0.4, 0.5) is 0 Å². The van der Waals surface area contributed by atoms with Crippen molar-refractivity contribution in [3.63, 3.8) is 0 Å². The first-order valence-electron chi connectivity index (χ1n) is 7.79. The Kier molecular flexibility index (Phi) is 5.80. The zero-order valence-electron chi connectivity index (χ0n) is 13.2. The zero-order valence-corrected chi connectivity index (χ0v) is 14.0.